The smallest absolute Gasteiger partial charge is 0.317 e. The molecular weight excluding hydrogens is 215 g/mol. The Kier molecular flexibility index (Phi) is 2.50. The lowest BCUT2D eigenvalue weighted by Gasteiger charge is -2.02. The summed E-state index contributed by atoms with van der Waals surface area (Å²) in [4.78, 5) is 24.3. The van der Waals surface area contributed by atoms with Gasteiger partial charge in [-0.15, -0.1) is 5.10 Å². The van der Waals surface area contributed by atoms with Crippen LogP contribution >= 0.6 is 0 Å². The van der Waals surface area contributed by atoms with Crippen molar-refractivity contribution >= 4 is 11.6 Å². The topological polar surface area (TPSA) is 90.6 Å². The van der Waals surface area contributed by atoms with E-state index in [4.69, 9.17) is 0 Å². The van der Waals surface area contributed by atoms with Crippen LogP contribution in [0.4, 0.5) is 10.1 Å². The zero-order chi connectivity index (χ0) is 11.5. The molecule has 6 nitrogen and oxygen atoms in total. The molecule has 2 aromatic rings. The molecule has 0 saturated heterocycles. The van der Waals surface area contributed by atoms with Gasteiger partial charge in [0.2, 0.25) is 5.82 Å². The summed E-state index contributed by atoms with van der Waals surface area (Å²) in [5.74, 6) is -1.45. The largest absolute Gasteiger partial charge is 0.341 e. The lowest BCUT2D eigenvalue weighted by atomic mass is 10.3. The van der Waals surface area contributed by atoms with Crippen LogP contribution < -0.4 is 11.0 Å². The average molecular weight is 222 g/mol. The van der Waals surface area contributed by atoms with Gasteiger partial charge in [-0.2, -0.15) is 0 Å². The van der Waals surface area contributed by atoms with Gasteiger partial charge in [-0.25, -0.2) is 14.3 Å². The average Bonchev–Trinajstić information content (AvgIpc) is 2.68. The number of benzene rings is 1. The summed E-state index contributed by atoms with van der Waals surface area (Å²) in [5.41, 5.74) is -0.574. The molecule has 1 aromatic heterocycles. The zero-order valence-electron chi connectivity index (χ0n) is 7.95. The Morgan fingerprint density at radius 1 is 1.38 bits per heavy atom. The molecule has 2 rings (SSSR count). The molecule has 7 heteroatoms. The van der Waals surface area contributed by atoms with Crippen LogP contribution in [0.5, 0.6) is 0 Å². The Hall–Kier alpha value is -2.44. The highest BCUT2D eigenvalue weighted by molar-refractivity contribution is 6.01. The summed E-state index contributed by atoms with van der Waals surface area (Å²) in [6.07, 6.45) is 0. The molecule has 3 N–H and O–H groups in total. The number of hydrogen-bond acceptors (Lipinski definition) is 3. The molecule has 0 aliphatic heterocycles. The minimum Gasteiger partial charge on any atom is -0.317 e. The van der Waals surface area contributed by atoms with Crippen molar-refractivity contribution < 1.29 is 9.18 Å². The number of para-hydroxylation sites is 1. The third kappa shape index (κ3) is 1.97. The number of carbonyl (C=O) groups is 1. The molecule has 0 bridgehead atoms. The first kappa shape index (κ1) is 10.1. The number of nitrogens with one attached hydrogen (secondary N) is 3. The number of anilines is 1. The quantitative estimate of drug-likeness (QED) is 0.690. The van der Waals surface area contributed by atoms with E-state index in [9.17, 15) is 14.0 Å². The second-order valence-corrected chi connectivity index (χ2v) is 2.96. The van der Waals surface area contributed by atoms with Crippen LogP contribution in [-0.4, -0.2) is 21.1 Å². The second kappa shape index (κ2) is 3.97. The van der Waals surface area contributed by atoms with E-state index in [1.54, 1.807) is 6.07 Å². The Bertz CT molecular complexity index is 575. The molecule has 0 radical (unpaired) electrons. The van der Waals surface area contributed by atoms with Gasteiger partial charge in [0.1, 0.15) is 5.82 Å². The van der Waals surface area contributed by atoms with Gasteiger partial charge < -0.3 is 5.32 Å². The molecule has 1 amide bonds. The fourth-order valence-corrected chi connectivity index (χ4v) is 1.12. The lowest BCUT2D eigenvalue weighted by Crippen LogP contribution is -2.15. The highest BCUT2D eigenvalue weighted by Crippen LogP contribution is 2.12. The summed E-state index contributed by atoms with van der Waals surface area (Å²) >= 11 is 0. The fraction of sp³-hybridized carbons (Fsp3) is 0. The molecule has 1 aromatic carbocycles. The molecule has 0 aliphatic carbocycles. The summed E-state index contributed by atoms with van der Waals surface area (Å²) in [5, 5.41) is 7.72. The minimum absolute atomic E-state index is 0.0244. The Balaban J connectivity index is 2.20. The van der Waals surface area contributed by atoms with Crippen molar-refractivity contribution in [1.29, 1.82) is 0 Å². The lowest BCUT2D eigenvalue weighted by molar-refractivity contribution is 0.101. The van der Waals surface area contributed by atoms with Crippen molar-refractivity contribution in [2.45, 2.75) is 0 Å². The van der Waals surface area contributed by atoms with Gasteiger partial charge >= 0.3 is 5.69 Å². The van der Waals surface area contributed by atoms with E-state index in [2.05, 4.69) is 15.4 Å². The molecule has 0 aliphatic rings. The minimum atomic E-state index is -0.691. The van der Waals surface area contributed by atoms with Crippen molar-refractivity contribution in [3.63, 3.8) is 0 Å². The highest BCUT2D eigenvalue weighted by Gasteiger charge is 2.11. The van der Waals surface area contributed by atoms with Crippen LogP contribution in [0.15, 0.2) is 29.1 Å². The number of halogens is 1. The predicted molar refractivity (Wildman–Crippen MR) is 53.6 cm³/mol. The van der Waals surface area contributed by atoms with E-state index >= 15 is 0 Å². The number of hydrogen-bond donors (Lipinski definition) is 3. The van der Waals surface area contributed by atoms with E-state index in [1.165, 1.54) is 18.2 Å². The monoisotopic (exact) mass is 222 g/mol. The summed E-state index contributed by atoms with van der Waals surface area (Å²) in [7, 11) is 0. The summed E-state index contributed by atoms with van der Waals surface area (Å²) in [6, 6.07) is 5.69. The van der Waals surface area contributed by atoms with Crippen LogP contribution in [0.3, 0.4) is 0 Å². The second-order valence-electron chi connectivity index (χ2n) is 2.96. The molecule has 0 unspecified atom stereocenters. The standard InChI is InChI=1S/C9H7FN4O2/c10-5-3-1-2-4-6(5)11-8(15)7-12-9(16)14-13-7/h1-4H,(H,11,15)(H2,12,13,14,16). The Labute approximate surface area is 88.5 Å². The first-order valence-electron chi connectivity index (χ1n) is 4.37. The van der Waals surface area contributed by atoms with E-state index in [0.29, 0.717) is 0 Å². The predicted octanol–water partition coefficient (Wildman–Crippen LogP) is 0.489. The first-order chi connectivity index (χ1) is 7.66. The van der Waals surface area contributed by atoms with Crippen molar-refractivity contribution in [3.05, 3.63) is 46.4 Å². The number of rotatable bonds is 2. The van der Waals surface area contributed by atoms with Crippen molar-refractivity contribution in [2.24, 2.45) is 0 Å². The number of H-pyrrole nitrogens is 2. The van der Waals surface area contributed by atoms with Gasteiger partial charge in [-0.05, 0) is 12.1 Å². The van der Waals surface area contributed by atoms with E-state index in [-0.39, 0.29) is 11.5 Å². The van der Waals surface area contributed by atoms with Crippen molar-refractivity contribution in [2.75, 3.05) is 5.32 Å². The molecule has 1 heterocycles. The van der Waals surface area contributed by atoms with Gasteiger partial charge in [0, 0.05) is 0 Å². The number of carbonyl (C=O) groups excluding carboxylic acids is 1. The van der Waals surface area contributed by atoms with Crippen LogP contribution in [0.2, 0.25) is 0 Å². The van der Waals surface area contributed by atoms with Crippen LogP contribution in [0, 0.1) is 5.82 Å². The highest BCUT2D eigenvalue weighted by atomic mass is 19.1. The van der Waals surface area contributed by atoms with Crippen LogP contribution in [-0.2, 0) is 0 Å². The van der Waals surface area contributed by atoms with Gasteiger partial charge in [-0.1, -0.05) is 12.1 Å². The molecule has 16 heavy (non-hydrogen) atoms. The zero-order valence-corrected chi connectivity index (χ0v) is 7.95. The maximum atomic E-state index is 13.2. The van der Waals surface area contributed by atoms with Gasteiger partial charge in [0.05, 0.1) is 5.69 Å². The van der Waals surface area contributed by atoms with Gasteiger partial charge in [0.25, 0.3) is 5.91 Å². The Morgan fingerprint density at radius 3 is 2.75 bits per heavy atom. The summed E-state index contributed by atoms with van der Waals surface area (Å²) in [6.45, 7) is 0. The number of nitrogens with zero attached hydrogens (tertiary/aromatic N) is 1. The molecule has 0 atom stereocenters. The first-order valence-corrected chi connectivity index (χ1v) is 4.37. The molecule has 0 fully saturated rings. The molecule has 82 valence electrons. The molecule has 0 saturated carbocycles. The van der Waals surface area contributed by atoms with Gasteiger partial charge in [-0.3, -0.25) is 9.78 Å². The third-order valence-electron chi connectivity index (χ3n) is 1.84. The van der Waals surface area contributed by atoms with Crippen LogP contribution in [0.25, 0.3) is 0 Å². The van der Waals surface area contributed by atoms with Crippen molar-refractivity contribution in [3.8, 4) is 0 Å². The van der Waals surface area contributed by atoms with Crippen LogP contribution in [0.1, 0.15) is 10.6 Å². The molecular formula is C9H7FN4O2. The number of amides is 1. The number of aromatic amines is 2. The van der Waals surface area contributed by atoms with E-state index in [1.807, 2.05) is 5.10 Å². The van der Waals surface area contributed by atoms with Crippen molar-refractivity contribution in [1.82, 2.24) is 15.2 Å². The Morgan fingerprint density at radius 2 is 2.12 bits per heavy atom. The van der Waals surface area contributed by atoms with E-state index in [0.717, 1.165) is 0 Å². The summed E-state index contributed by atoms with van der Waals surface area (Å²) < 4.78 is 13.2. The fourth-order valence-electron chi connectivity index (χ4n) is 1.12. The molecule has 0 spiro atoms. The number of aromatic nitrogens is 3. The SMILES string of the molecule is O=C(Nc1ccccc1F)c1n[nH]c(=O)[nH]1. The van der Waals surface area contributed by atoms with Gasteiger partial charge in [0.15, 0.2) is 0 Å². The third-order valence-corrected chi connectivity index (χ3v) is 1.84. The van der Waals surface area contributed by atoms with E-state index < -0.39 is 17.4 Å². The maximum absolute atomic E-state index is 13.2. The maximum Gasteiger partial charge on any atom is 0.341 e. The normalized spacial score (nSPS) is 10.1.